The molecule has 32 heavy (non-hydrogen) atoms. The summed E-state index contributed by atoms with van der Waals surface area (Å²) in [5.74, 6) is 1.18. The van der Waals surface area contributed by atoms with E-state index in [9.17, 15) is 13.2 Å². The van der Waals surface area contributed by atoms with Crippen molar-refractivity contribution >= 4 is 21.6 Å². The minimum absolute atomic E-state index is 0.0836. The number of ether oxygens (including phenoxy) is 2. The Balaban J connectivity index is 1.47. The van der Waals surface area contributed by atoms with Gasteiger partial charge in [-0.25, -0.2) is 13.1 Å². The van der Waals surface area contributed by atoms with Crippen LogP contribution >= 0.6 is 0 Å². The van der Waals surface area contributed by atoms with Crippen LogP contribution in [0.3, 0.4) is 0 Å². The lowest BCUT2D eigenvalue weighted by atomic mass is 10.2. The molecule has 0 saturated carbocycles. The number of methoxy groups -OCH3 is 1. The van der Waals surface area contributed by atoms with Gasteiger partial charge < -0.3 is 19.3 Å². The van der Waals surface area contributed by atoms with E-state index in [1.165, 1.54) is 12.1 Å². The monoisotopic (exact) mass is 461 g/mol. The molecule has 1 amide bonds. The Morgan fingerprint density at radius 1 is 1.00 bits per heavy atom. The second-order valence-corrected chi connectivity index (χ2v) is 9.47. The summed E-state index contributed by atoms with van der Waals surface area (Å²) >= 11 is 0. The van der Waals surface area contributed by atoms with Crippen LogP contribution in [0.1, 0.15) is 20.3 Å². The highest BCUT2D eigenvalue weighted by Crippen LogP contribution is 2.21. The number of piperazine rings is 1. The van der Waals surface area contributed by atoms with Gasteiger partial charge in [-0.15, -0.1) is 0 Å². The summed E-state index contributed by atoms with van der Waals surface area (Å²) in [6.45, 7) is 6.37. The van der Waals surface area contributed by atoms with Crippen molar-refractivity contribution in [1.29, 1.82) is 0 Å². The van der Waals surface area contributed by atoms with Crippen molar-refractivity contribution in [2.24, 2.45) is 0 Å². The first-order valence-corrected chi connectivity index (χ1v) is 12.2. The van der Waals surface area contributed by atoms with E-state index in [4.69, 9.17) is 9.47 Å². The molecule has 3 rings (SSSR count). The normalized spacial score (nSPS) is 15.3. The molecule has 9 heteroatoms. The smallest absolute Gasteiger partial charge is 0.260 e. The van der Waals surface area contributed by atoms with E-state index in [-0.39, 0.29) is 23.5 Å². The number of hydrogen-bond acceptors (Lipinski definition) is 6. The first-order chi connectivity index (χ1) is 15.3. The van der Waals surface area contributed by atoms with E-state index in [0.717, 1.165) is 24.5 Å². The van der Waals surface area contributed by atoms with Crippen LogP contribution < -0.4 is 19.1 Å². The molecule has 174 valence electrons. The van der Waals surface area contributed by atoms with Gasteiger partial charge in [-0.3, -0.25) is 4.79 Å². The second kappa shape index (κ2) is 10.7. The van der Waals surface area contributed by atoms with Crippen LogP contribution in [0.25, 0.3) is 0 Å². The average Bonchev–Trinajstić information content (AvgIpc) is 2.82. The van der Waals surface area contributed by atoms with Crippen LogP contribution in [0.2, 0.25) is 0 Å². The van der Waals surface area contributed by atoms with Crippen molar-refractivity contribution < 1.29 is 22.7 Å². The number of rotatable bonds is 9. The molecule has 2 aromatic rings. The number of hydrogen-bond donors (Lipinski definition) is 1. The van der Waals surface area contributed by atoms with Crippen molar-refractivity contribution in [3.63, 3.8) is 0 Å². The van der Waals surface area contributed by atoms with Crippen molar-refractivity contribution in [3.05, 3.63) is 48.5 Å². The quantitative estimate of drug-likeness (QED) is 0.617. The number of nitrogens with one attached hydrogen (secondary N) is 1. The second-order valence-electron chi connectivity index (χ2n) is 7.76. The lowest BCUT2D eigenvalue weighted by molar-refractivity contribution is -0.133. The summed E-state index contributed by atoms with van der Waals surface area (Å²) in [7, 11) is -1.92. The van der Waals surface area contributed by atoms with Gasteiger partial charge in [-0.05, 0) is 61.9 Å². The molecule has 0 aliphatic carbocycles. The van der Waals surface area contributed by atoms with Gasteiger partial charge in [0, 0.05) is 37.9 Å². The number of anilines is 1. The van der Waals surface area contributed by atoms with Crippen molar-refractivity contribution in [2.45, 2.75) is 31.2 Å². The first kappa shape index (κ1) is 23.9. The van der Waals surface area contributed by atoms with Crippen LogP contribution in [-0.4, -0.2) is 65.2 Å². The summed E-state index contributed by atoms with van der Waals surface area (Å²) in [5, 5.41) is 0. The number of carbonyl (C=O) groups excluding carboxylic acids is 1. The molecule has 1 saturated heterocycles. The highest BCUT2D eigenvalue weighted by atomic mass is 32.2. The number of benzene rings is 2. The molecule has 0 aromatic heterocycles. The molecule has 1 aliphatic heterocycles. The minimum atomic E-state index is -3.56. The van der Waals surface area contributed by atoms with Crippen LogP contribution in [-0.2, 0) is 14.8 Å². The molecular weight excluding hydrogens is 430 g/mol. The van der Waals surface area contributed by atoms with Gasteiger partial charge in [0.2, 0.25) is 10.0 Å². The predicted octanol–water partition coefficient (Wildman–Crippen LogP) is 2.50. The molecule has 1 atom stereocenters. The molecule has 0 bridgehead atoms. The molecule has 0 radical (unpaired) electrons. The predicted molar refractivity (Wildman–Crippen MR) is 124 cm³/mol. The summed E-state index contributed by atoms with van der Waals surface area (Å²) in [6, 6.07) is 13.9. The van der Waals surface area contributed by atoms with Gasteiger partial charge in [-0.2, -0.15) is 0 Å². The molecule has 8 nitrogen and oxygen atoms in total. The van der Waals surface area contributed by atoms with Crippen LogP contribution in [0.4, 0.5) is 5.69 Å². The minimum Gasteiger partial charge on any atom is -0.497 e. The molecular formula is C23H31N3O5S. The third kappa shape index (κ3) is 6.14. The fourth-order valence-electron chi connectivity index (χ4n) is 3.37. The summed E-state index contributed by atoms with van der Waals surface area (Å²) in [5.41, 5.74) is 1.10. The molecule has 0 unspecified atom stereocenters. The third-order valence-electron chi connectivity index (χ3n) is 5.53. The van der Waals surface area contributed by atoms with Gasteiger partial charge in [-0.1, -0.05) is 6.92 Å². The molecule has 1 N–H and O–H groups in total. The number of carbonyl (C=O) groups is 1. The van der Waals surface area contributed by atoms with Crippen molar-refractivity contribution in [3.8, 4) is 11.5 Å². The molecule has 1 fully saturated rings. The van der Waals surface area contributed by atoms with Gasteiger partial charge in [0.1, 0.15) is 11.5 Å². The average molecular weight is 462 g/mol. The van der Waals surface area contributed by atoms with E-state index in [0.29, 0.717) is 25.3 Å². The van der Waals surface area contributed by atoms with Crippen LogP contribution in [0.5, 0.6) is 11.5 Å². The molecule has 0 spiro atoms. The molecule has 1 heterocycles. The maximum Gasteiger partial charge on any atom is 0.260 e. The Morgan fingerprint density at radius 2 is 1.59 bits per heavy atom. The van der Waals surface area contributed by atoms with Crippen LogP contribution in [0, 0.1) is 0 Å². The van der Waals surface area contributed by atoms with Crippen LogP contribution in [0.15, 0.2) is 53.4 Å². The third-order valence-corrected chi connectivity index (χ3v) is 7.14. The van der Waals surface area contributed by atoms with E-state index in [2.05, 4.69) is 9.62 Å². The van der Waals surface area contributed by atoms with Crippen molar-refractivity contribution in [2.75, 3.05) is 44.8 Å². The fourth-order valence-corrected chi connectivity index (χ4v) is 4.70. The largest absolute Gasteiger partial charge is 0.497 e. The number of nitrogens with zero attached hydrogens (tertiary/aromatic N) is 2. The summed E-state index contributed by atoms with van der Waals surface area (Å²) < 4.78 is 38.1. The Morgan fingerprint density at radius 3 is 2.16 bits per heavy atom. The van der Waals surface area contributed by atoms with E-state index >= 15 is 0 Å². The Labute approximate surface area is 190 Å². The zero-order valence-corrected chi connectivity index (χ0v) is 19.6. The van der Waals surface area contributed by atoms with E-state index < -0.39 is 10.0 Å². The zero-order chi connectivity index (χ0) is 23.1. The SMILES string of the molecule is CC[C@H](C)NS(=O)(=O)c1ccc(OCC(=O)N2CCN(c3ccc(OC)cc3)CC2)cc1. The standard InChI is InChI=1S/C23H31N3O5S/c1-4-18(2)24-32(28,29)22-11-9-21(10-12-22)31-17-23(27)26-15-13-25(14-16-26)19-5-7-20(30-3)8-6-19/h5-12,18,24H,4,13-17H2,1-3H3/t18-/m0/s1. The maximum atomic E-state index is 12.5. The summed E-state index contributed by atoms with van der Waals surface area (Å²) in [4.78, 5) is 16.7. The van der Waals surface area contributed by atoms with E-state index in [1.54, 1.807) is 24.1 Å². The highest BCUT2D eigenvalue weighted by Gasteiger charge is 2.22. The van der Waals surface area contributed by atoms with Gasteiger partial charge in [0.15, 0.2) is 6.61 Å². The Bertz CT molecular complexity index is 985. The van der Waals surface area contributed by atoms with Gasteiger partial charge >= 0.3 is 0 Å². The molecule has 1 aliphatic rings. The highest BCUT2D eigenvalue weighted by molar-refractivity contribution is 7.89. The fraction of sp³-hybridized carbons (Fsp3) is 0.435. The number of amides is 1. The van der Waals surface area contributed by atoms with E-state index in [1.807, 2.05) is 38.1 Å². The Hall–Kier alpha value is -2.78. The topological polar surface area (TPSA) is 88.2 Å². The lowest BCUT2D eigenvalue weighted by Crippen LogP contribution is -2.50. The number of sulfonamides is 1. The lowest BCUT2D eigenvalue weighted by Gasteiger charge is -2.36. The van der Waals surface area contributed by atoms with Gasteiger partial charge in [0.05, 0.1) is 12.0 Å². The van der Waals surface area contributed by atoms with Gasteiger partial charge in [0.25, 0.3) is 5.91 Å². The summed E-state index contributed by atoms with van der Waals surface area (Å²) in [6.07, 6.45) is 0.705. The zero-order valence-electron chi connectivity index (χ0n) is 18.8. The first-order valence-electron chi connectivity index (χ1n) is 10.7. The molecule has 2 aromatic carbocycles. The maximum absolute atomic E-state index is 12.5. The van der Waals surface area contributed by atoms with Crippen molar-refractivity contribution in [1.82, 2.24) is 9.62 Å². The Kier molecular flexibility index (Phi) is 7.98.